The number of carbonyl (C=O) groups excluding carboxylic acids is 2. The van der Waals surface area contributed by atoms with Crippen molar-refractivity contribution in [3.8, 4) is 11.1 Å². The van der Waals surface area contributed by atoms with E-state index in [2.05, 4.69) is 34.9 Å². The predicted octanol–water partition coefficient (Wildman–Crippen LogP) is 3.92. The molecule has 34 heavy (non-hydrogen) atoms. The molecule has 0 saturated heterocycles. The van der Waals surface area contributed by atoms with Crippen LogP contribution in [-0.4, -0.2) is 42.3 Å². The second-order valence-corrected chi connectivity index (χ2v) is 9.70. The smallest absolute Gasteiger partial charge is 0.407 e. The fourth-order valence-corrected chi connectivity index (χ4v) is 5.45. The Hall–Kier alpha value is -3.35. The highest BCUT2D eigenvalue weighted by atomic mass is 16.5. The summed E-state index contributed by atoms with van der Waals surface area (Å²) in [6, 6.07) is 16.5. The third kappa shape index (κ3) is 4.65. The van der Waals surface area contributed by atoms with E-state index in [0.29, 0.717) is 32.2 Å². The summed E-state index contributed by atoms with van der Waals surface area (Å²) in [7, 11) is 0. The minimum Gasteiger partial charge on any atom is -0.481 e. The standard InChI is InChI=1S/C27H30N2O5/c30-25(29-18-11-9-16(10-12-18)26(31)32)23-13-17(23)14-28-27(33)34-15-24-21-7-3-1-5-19(21)20-6-2-4-8-22(20)24/h1-8,16-18,23-24H,9-15H2,(H,28,33)(H,29,30)(H,31,32)/t16?,17-,18?,23-/m1/s1. The van der Waals surface area contributed by atoms with Gasteiger partial charge in [-0.05, 0) is 60.3 Å². The van der Waals surface area contributed by atoms with Crippen LogP contribution in [0.15, 0.2) is 48.5 Å². The normalized spacial score (nSPS) is 25.1. The highest BCUT2D eigenvalue weighted by Gasteiger charge is 2.43. The van der Waals surface area contributed by atoms with Gasteiger partial charge in [-0.25, -0.2) is 4.79 Å². The van der Waals surface area contributed by atoms with E-state index in [1.165, 1.54) is 22.3 Å². The maximum Gasteiger partial charge on any atom is 0.407 e. The molecule has 2 saturated carbocycles. The van der Waals surface area contributed by atoms with Gasteiger partial charge in [0.2, 0.25) is 5.91 Å². The van der Waals surface area contributed by atoms with Gasteiger partial charge in [0.15, 0.2) is 0 Å². The van der Waals surface area contributed by atoms with Crippen molar-refractivity contribution in [1.82, 2.24) is 10.6 Å². The van der Waals surface area contributed by atoms with Crippen molar-refractivity contribution in [2.45, 2.75) is 44.1 Å². The van der Waals surface area contributed by atoms with Gasteiger partial charge in [0.05, 0.1) is 5.92 Å². The number of benzene rings is 2. The second-order valence-electron chi connectivity index (χ2n) is 9.70. The Morgan fingerprint density at radius 3 is 2.15 bits per heavy atom. The van der Waals surface area contributed by atoms with Crippen LogP contribution in [0.4, 0.5) is 4.79 Å². The van der Waals surface area contributed by atoms with Crippen molar-refractivity contribution in [3.63, 3.8) is 0 Å². The van der Waals surface area contributed by atoms with Crippen LogP contribution >= 0.6 is 0 Å². The second kappa shape index (κ2) is 9.49. The number of fused-ring (bicyclic) bond motifs is 3. The van der Waals surface area contributed by atoms with Crippen LogP contribution in [0.5, 0.6) is 0 Å². The number of hydrogen-bond acceptors (Lipinski definition) is 4. The van der Waals surface area contributed by atoms with Gasteiger partial charge in [-0.2, -0.15) is 0 Å². The number of aliphatic carboxylic acids is 1. The fraction of sp³-hybridized carbons (Fsp3) is 0.444. The first-order valence-corrected chi connectivity index (χ1v) is 12.1. The van der Waals surface area contributed by atoms with E-state index in [1.54, 1.807) is 0 Å². The molecule has 0 aromatic heterocycles. The van der Waals surface area contributed by atoms with Crippen LogP contribution in [-0.2, 0) is 14.3 Å². The van der Waals surface area contributed by atoms with Gasteiger partial charge in [0, 0.05) is 24.4 Å². The Bertz CT molecular complexity index is 1050. The molecule has 0 heterocycles. The van der Waals surface area contributed by atoms with Crippen LogP contribution in [0.25, 0.3) is 11.1 Å². The van der Waals surface area contributed by atoms with Crippen LogP contribution in [0.1, 0.15) is 49.1 Å². The summed E-state index contributed by atoms with van der Waals surface area (Å²) in [6.45, 7) is 0.688. The molecule has 2 aromatic carbocycles. The van der Waals surface area contributed by atoms with E-state index in [1.807, 2.05) is 24.3 Å². The van der Waals surface area contributed by atoms with Crippen molar-refractivity contribution in [2.24, 2.45) is 17.8 Å². The zero-order valence-electron chi connectivity index (χ0n) is 19.0. The molecule has 2 amide bonds. The average molecular weight is 463 g/mol. The van der Waals surface area contributed by atoms with Crippen LogP contribution in [0.3, 0.4) is 0 Å². The molecule has 2 aromatic rings. The summed E-state index contributed by atoms with van der Waals surface area (Å²) < 4.78 is 5.57. The minimum absolute atomic E-state index is 0.0121. The van der Waals surface area contributed by atoms with Crippen LogP contribution < -0.4 is 10.6 Å². The SMILES string of the molecule is O=C(NC[C@H]1C[C@H]1C(=O)NC1CCC(C(=O)O)CC1)OCC1c2ccccc2-c2ccccc21. The van der Waals surface area contributed by atoms with Crippen molar-refractivity contribution in [3.05, 3.63) is 59.7 Å². The number of carbonyl (C=O) groups is 3. The molecular formula is C27H30N2O5. The minimum atomic E-state index is -0.744. The van der Waals surface area contributed by atoms with E-state index in [0.717, 1.165) is 6.42 Å². The number of ether oxygens (including phenoxy) is 1. The summed E-state index contributed by atoms with van der Waals surface area (Å²) in [5.74, 6) is -0.969. The Morgan fingerprint density at radius 2 is 1.53 bits per heavy atom. The lowest BCUT2D eigenvalue weighted by molar-refractivity contribution is -0.142. The Balaban J connectivity index is 1.05. The lowest BCUT2D eigenvalue weighted by atomic mass is 9.86. The number of hydrogen-bond donors (Lipinski definition) is 3. The first-order valence-electron chi connectivity index (χ1n) is 12.1. The van der Waals surface area contributed by atoms with Crippen LogP contribution in [0.2, 0.25) is 0 Å². The zero-order valence-corrected chi connectivity index (χ0v) is 19.0. The molecule has 2 atom stereocenters. The number of amides is 2. The summed E-state index contributed by atoms with van der Waals surface area (Å²) in [5.41, 5.74) is 4.73. The van der Waals surface area contributed by atoms with Gasteiger partial charge in [0.1, 0.15) is 6.61 Å². The Kier molecular flexibility index (Phi) is 6.26. The van der Waals surface area contributed by atoms with Crippen molar-refractivity contribution >= 4 is 18.0 Å². The van der Waals surface area contributed by atoms with Gasteiger partial charge < -0.3 is 20.5 Å². The molecule has 3 aliphatic rings. The lowest BCUT2D eigenvalue weighted by Crippen LogP contribution is -2.40. The van der Waals surface area contributed by atoms with Crippen molar-refractivity contribution in [2.75, 3.05) is 13.2 Å². The molecule has 7 nitrogen and oxygen atoms in total. The van der Waals surface area contributed by atoms with E-state index < -0.39 is 12.1 Å². The Labute approximate surface area is 198 Å². The topological polar surface area (TPSA) is 105 Å². The third-order valence-electron chi connectivity index (χ3n) is 7.53. The van der Waals surface area contributed by atoms with E-state index in [-0.39, 0.29) is 42.2 Å². The number of alkyl carbamates (subject to hydrolysis) is 1. The molecular weight excluding hydrogens is 432 g/mol. The summed E-state index contributed by atoms with van der Waals surface area (Å²) >= 11 is 0. The summed E-state index contributed by atoms with van der Waals surface area (Å²) in [4.78, 5) is 35.9. The number of carboxylic acid groups (broad SMARTS) is 1. The maximum atomic E-state index is 12.5. The van der Waals surface area contributed by atoms with Crippen molar-refractivity contribution < 1.29 is 24.2 Å². The van der Waals surface area contributed by atoms with Gasteiger partial charge in [-0.15, -0.1) is 0 Å². The summed E-state index contributed by atoms with van der Waals surface area (Å²) in [6.07, 6.45) is 2.92. The zero-order chi connectivity index (χ0) is 23.7. The molecule has 2 fully saturated rings. The van der Waals surface area contributed by atoms with E-state index in [9.17, 15) is 14.4 Å². The molecule has 0 spiro atoms. The highest BCUT2D eigenvalue weighted by Crippen LogP contribution is 2.44. The molecule has 0 radical (unpaired) electrons. The van der Waals surface area contributed by atoms with E-state index >= 15 is 0 Å². The first kappa shape index (κ1) is 22.4. The molecule has 7 heteroatoms. The number of rotatable bonds is 7. The van der Waals surface area contributed by atoms with E-state index in [4.69, 9.17) is 9.84 Å². The predicted molar refractivity (Wildman–Crippen MR) is 126 cm³/mol. The van der Waals surface area contributed by atoms with Gasteiger partial charge in [-0.1, -0.05) is 48.5 Å². The van der Waals surface area contributed by atoms with Crippen LogP contribution in [0, 0.1) is 17.8 Å². The van der Waals surface area contributed by atoms with Crippen molar-refractivity contribution in [1.29, 1.82) is 0 Å². The largest absolute Gasteiger partial charge is 0.481 e. The summed E-state index contributed by atoms with van der Waals surface area (Å²) in [5, 5.41) is 15.0. The number of carboxylic acids is 1. The van der Waals surface area contributed by atoms with Gasteiger partial charge >= 0.3 is 12.1 Å². The maximum absolute atomic E-state index is 12.5. The Morgan fingerprint density at radius 1 is 0.912 bits per heavy atom. The van der Waals surface area contributed by atoms with Gasteiger partial charge in [0.25, 0.3) is 0 Å². The molecule has 3 N–H and O–H groups in total. The molecule has 178 valence electrons. The third-order valence-corrected chi connectivity index (χ3v) is 7.53. The average Bonchev–Trinajstić information content (AvgIpc) is 3.57. The monoisotopic (exact) mass is 462 g/mol. The molecule has 3 aliphatic carbocycles. The first-order chi connectivity index (χ1) is 16.5. The molecule has 0 aliphatic heterocycles. The lowest BCUT2D eigenvalue weighted by Gasteiger charge is -2.26. The number of nitrogens with one attached hydrogen (secondary N) is 2. The molecule has 0 unspecified atom stereocenters. The van der Waals surface area contributed by atoms with Gasteiger partial charge in [-0.3, -0.25) is 9.59 Å². The highest BCUT2D eigenvalue weighted by molar-refractivity contribution is 5.82. The quantitative estimate of drug-likeness (QED) is 0.579. The molecule has 0 bridgehead atoms. The molecule has 5 rings (SSSR count). The fourth-order valence-electron chi connectivity index (χ4n) is 5.45.